The third-order valence-corrected chi connectivity index (χ3v) is 3.21. The number of hydrazone groups is 1. The fraction of sp³-hybridized carbons (Fsp3) is 0.0667. The number of carbonyl (C=O) groups is 1. The number of hydrogen-bond acceptors (Lipinski definition) is 4. The van der Waals surface area contributed by atoms with E-state index in [1.54, 1.807) is 19.2 Å². The minimum atomic E-state index is -0.494. The second-order valence-corrected chi connectivity index (χ2v) is 5.02. The molecule has 0 aliphatic carbocycles. The number of ether oxygens (including phenoxy) is 1. The summed E-state index contributed by atoms with van der Waals surface area (Å²) in [6.45, 7) is 0. The number of phenols is 1. The van der Waals surface area contributed by atoms with E-state index in [0.29, 0.717) is 10.2 Å². The van der Waals surface area contributed by atoms with E-state index in [9.17, 15) is 9.90 Å². The van der Waals surface area contributed by atoms with Gasteiger partial charge in [0, 0.05) is 10.0 Å². The number of methoxy groups -OCH3 is 1. The van der Waals surface area contributed by atoms with Crippen molar-refractivity contribution in [2.75, 3.05) is 7.11 Å². The maximum Gasteiger partial charge on any atom is 0.275 e. The third-order valence-electron chi connectivity index (χ3n) is 2.71. The van der Waals surface area contributed by atoms with Crippen LogP contribution in [0.2, 0.25) is 0 Å². The number of rotatable bonds is 4. The van der Waals surface area contributed by atoms with Crippen LogP contribution in [0.25, 0.3) is 0 Å². The SMILES string of the molecule is COc1ccccc1/C=N/NC(=O)c1ccc(Br)cc1O. The van der Waals surface area contributed by atoms with Crippen LogP contribution in [0.3, 0.4) is 0 Å². The number of halogens is 1. The van der Waals surface area contributed by atoms with Gasteiger partial charge in [0.25, 0.3) is 5.91 Å². The highest BCUT2D eigenvalue weighted by Crippen LogP contribution is 2.22. The fourth-order valence-corrected chi connectivity index (χ4v) is 2.04. The quantitative estimate of drug-likeness (QED) is 0.659. The standard InChI is InChI=1S/C15H13BrN2O3/c1-21-14-5-3-2-4-10(14)9-17-18-15(20)12-7-6-11(16)8-13(12)19/h2-9,19H,1H3,(H,18,20)/b17-9+. The number of amides is 1. The molecule has 1 amide bonds. The molecule has 2 rings (SSSR count). The Kier molecular flexibility index (Phi) is 4.94. The first-order valence-corrected chi connectivity index (χ1v) is 6.86. The van der Waals surface area contributed by atoms with Gasteiger partial charge in [0.2, 0.25) is 0 Å². The van der Waals surface area contributed by atoms with Crippen LogP contribution in [-0.4, -0.2) is 24.3 Å². The second kappa shape index (κ2) is 6.90. The zero-order valence-corrected chi connectivity index (χ0v) is 12.8. The molecular weight excluding hydrogens is 336 g/mol. The van der Waals surface area contributed by atoms with Crippen molar-refractivity contribution >= 4 is 28.1 Å². The molecule has 0 saturated carbocycles. The van der Waals surface area contributed by atoms with Gasteiger partial charge < -0.3 is 9.84 Å². The minimum Gasteiger partial charge on any atom is -0.507 e. The molecule has 2 N–H and O–H groups in total. The highest BCUT2D eigenvalue weighted by Gasteiger charge is 2.10. The molecule has 0 bridgehead atoms. The Bertz CT molecular complexity index is 686. The van der Waals surface area contributed by atoms with Crippen molar-refractivity contribution in [3.8, 4) is 11.5 Å². The summed E-state index contributed by atoms with van der Waals surface area (Å²) < 4.78 is 5.86. The van der Waals surface area contributed by atoms with E-state index in [0.717, 1.165) is 5.56 Å². The van der Waals surface area contributed by atoms with E-state index in [1.165, 1.54) is 18.3 Å². The van der Waals surface area contributed by atoms with E-state index < -0.39 is 5.91 Å². The van der Waals surface area contributed by atoms with Crippen molar-refractivity contribution in [1.82, 2.24) is 5.43 Å². The van der Waals surface area contributed by atoms with Crippen LogP contribution in [0, 0.1) is 0 Å². The summed E-state index contributed by atoms with van der Waals surface area (Å²) >= 11 is 3.21. The van der Waals surface area contributed by atoms with Crippen LogP contribution in [-0.2, 0) is 0 Å². The summed E-state index contributed by atoms with van der Waals surface area (Å²) in [7, 11) is 1.56. The molecule has 0 fully saturated rings. The van der Waals surface area contributed by atoms with E-state index >= 15 is 0 Å². The summed E-state index contributed by atoms with van der Waals surface area (Å²) in [6.07, 6.45) is 1.48. The van der Waals surface area contributed by atoms with Gasteiger partial charge in [0.15, 0.2) is 0 Å². The summed E-state index contributed by atoms with van der Waals surface area (Å²) in [4.78, 5) is 11.9. The van der Waals surface area contributed by atoms with Crippen molar-refractivity contribution < 1.29 is 14.6 Å². The van der Waals surface area contributed by atoms with Crippen molar-refractivity contribution in [1.29, 1.82) is 0 Å². The Hall–Kier alpha value is -2.34. The van der Waals surface area contributed by atoms with E-state index in [1.807, 2.05) is 18.2 Å². The molecule has 21 heavy (non-hydrogen) atoms. The molecule has 0 saturated heterocycles. The Labute approximate surface area is 130 Å². The lowest BCUT2D eigenvalue weighted by atomic mass is 10.2. The first-order chi connectivity index (χ1) is 10.1. The van der Waals surface area contributed by atoms with Gasteiger partial charge in [0.1, 0.15) is 11.5 Å². The molecule has 2 aromatic carbocycles. The zero-order valence-electron chi connectivity index (χ0n) is 11.2. The highest BCUT2D eigenvalue weighted by atomic mass is 79.9. The maximum atomic E-state index is 11.9. The first kappa shape index (κ1) is 15.1. The molecule has 108 valence electrons. The summed E-state index contributed by atoms with van der Waals surface area (Å²) in [5, 5.41) is 13.6. The summed E-state index contributed by atoms with van der Waals surface area (Å²) in [5.41, 5.74) is 3.24. The number of hydrogen-bond donors (Lipinski definition) is 2. The number of phenolic OH excluding ortho intramolecular Hbond substituents is 1. The Morgan fingerprint density at radius 1 is 1.33 bits per heavy atom. The van der Waals surface area contributed by atoms with E-state index in [4.69, 9.17) is 4.74 Å². The number of benzene rings is 2. The van der Waals surface area contributed by atoms with Gasteiger partial charge in [-0.2, -0.15) is 5.10 Å². The first-order valence-electron chi connectivity index (χ1n) is 6.06. The van der Waals surface area contributed by atoms with Crippen LogP contribution < -0.4 is 10.2 Å². The van der Waals surface area contributed by atoms with Gasteiger partial charge in [-0.3, -0.25) is 4.79 Å². The molecule has 5 nitrogen and oxygen atoms in total. The van der Waals surface area contributed by atoms with Gasteiger partial charge in [-0.1, -0.05) is 28.1 Å². The lowest BCUT2D eigenvalue weighted by molar-refractivity contribution is 0.0952. The van der Waals surface area contributed by atoms with Gasteiger partial charge >= 0.3 is 0 Å². The normalized spacial score (nSPS) is 10.6. The third kappa shape index (κ3) is 3.82. The number of nitrogens with one attached hydrogen (secondary N) is 1. The summed E-state index contributed by atoms with van der Waals surface area (Å²) in [6, 6.07) is 11.9. The largest absolute Gasteiger partial charge is 0.507 e. The molecule has 0 aliphatic rings. The predicted molar refractivity (Wildman–Crippen MR) is 83.9 cm³/mol. The molecule has 0 radical (unpaired) electrons. The van der Waals surface area contributed by atoms with Crippen LogP contribution >= 0.6 is 15.9 Å². The minimum absolute atomic E-state index is 0.116. The van der Waals surface area contributed by atoms with E-state index in [-0.39, 0.29) is 11.3 Å². The summed E-state index contributed by atoms with van der Waals surface area (Å²) in [5.74, 6) is 0.0440. The van der Waals surface area contributed by atoms with Crippen LogP contribution in [0.1, 0.15) is 15.9 Å². The maximum absolute atomic E-state index is 11.9. The predicted octanol–water partition coefficient (Wildman–Crippen LogP) is 2.93. The van der Waals surface area contributed by atoms with Gasteiger partial charge in [-0.25, -0.2) is 5.43 Å². The fourth-order valence-electron chi connectivity index (χ4n) is 1.69. The van der Waals surface area contributed by atoms with Crippen molar-refractivity contribution in [2.45, 2.75) is 0 Å². The van der Waals surface area contributed by atoms with Gasteiger partial charge in [-0.05, 0) is 30.3 Å². The second-order valence-electron chi connectivity index (χ2n) is 4.10. The highest BCUT2D eigenvalue weighted by molar-refractivity contribution is 9.10. The molecule has 6 heteroatoms. The van der Waals surface area contributed by atoms with Crippen molar-refractivity contribution in [3.05, 3.63) is 58.1 Å². The average Bonchev–Trinajstić information content (AvgIpc) is 2.47. The smallest absolute Gasteiger partial charge is 0.275 e. The molecule has 0 aliphatic heterocycles. The van der Waals surface area contributed by atoms with Crippen LogP contribution in [0.4, 0.5) is 0 Å². The lowest BCUT2D eigenvalue weighted by Gasteiger charge is -2.04. The number of aromatic hydroxyl groups is 1. The molecule has 0 spiro atoms. The zero-order chi connectivity index (χ0) is 15.2. The van der Waals surface area contributed by atoms with Crippen LogP contribution in [0.5, 0.6) is 11.5 Å². The molecule has 0 unspecified atom stereocenters. The topological polar surface area (TPSA) is 70.9 Å². The van der Waals surface area contributed by atoms with Crippen LogP contribution in [0.15, 0.2) is 52.0 Å². The molecule has 0 atom stereocenters. The molecule has 0 aromatic heterocycles. The lowest BCUT2D eigenvalue weighted by Crippen LogP contribution is -2.17. The number of nitrogens with zero attached hydrogens (tertiary/aromatic N) is 1. The average molecular weight is 349 g/mol. The van der Waals surface area contributed by atoms with Gasteiger partial charge in [-0.15, -0.1) is 0 Å². The van der Waals surface area contributed by atoms with E-state index in [2.05, 4.69) is 26.5 Å². The van der Waals surface area contributed by atoms with Crippen molar-refractivity contribution in [3.63, 3.8) is 0 Å². The molecule has 0 heterocycles. The molecule has 2 aromatic rings. The Morgan fingerprint density at radius 3 is 2.81 bits per heavy atom. The number of carbonyl (C=O) groups excluding carboxylic acids is 1. The molecular formula is C15H13BrN2O3. The van der Waals surface area contributed by atoms with Crippen molar-refractivity contribution in [2.24, 2.45) is 5.10 Å². The Morgan fingerprint density at radius 2 is 2.10 bits per heavy atom. The Balaban J connectivity index is 2.08. The van der Waals surface area contributed by atoms with Gasteiger partial charge in [0.05, 0.1) is 18.9 Å². The number of para-hydroxylation sites is 1. The monoisotopic (exact) mass is 348 g/mol.